The minimum atomic E-state index is -0.435. The van der Waals surface area contributed by atoms with Gasteiger partial charge in [0.2, 0.25) is 0 Å². The van der Waals surface area contributed by atoms with Gasteiger partial charge < -0.3 is 14.0 Å². The van der Waals surface area contributed by atoms with Crippen LogP contribution in [0.25, 0.3) is 10.9 Å². The highest BCUT2D eigenvalue weighted by Crippen LogP contribution is 2.35. The number of benzene rings is 2. The van der Waals surface area contributed by atoms with E-state index < -0.39 is 5.97 Å². The Kier molecular flexibility index (Phi) is 5.58. The number of aromatic nitrogens is 3. The monoisotopic (exact) mass is 440 g/mol. The Morgan fingerprint density at radius 1 is 1.18 bits per heavy atom. The summed E-state index contributed by atoms with van der Waals surface area (Å²) >= 11 is 0. The molecule has 0 radical (unpaired) electrons. The average Bonchev–Trinajstić information content (AvgIpc) is 3.38. The van der Waals surface area contributed by atoms with Gasteiger partial charge in [0.1, 0.15) is 5.82 Å². The normalized spacial score (nSPS) is 16.8. The molecule has 0 saturated carbocycles. The quantitative estimate of drug-likeness (QED) is 0.322. The van der Waals surface area contributed by atoms with Gasteiger partial charge in [-0.3, -0.25) is 0 Å². The van der Waals surface area contributed by atoms with Crippen LogP contribution in [0.5, 0.6) is 0 Å². The molecule has 1 aliphatic rings. The Balaban J connectivity index is 1.54. The molecule has 0 bridgehead atoms. The molecule has 2 heterocycles. The second kappa shape index (κ2) is 8.70. The molecular formula is C27H28N4O2. The van der Waals surface area contributed by atoms with Gasteiger partial charge in [0.15, 0.2) is 0 Å². The van der Waals surface area contributed by atoms with Crippen LogP contribution in [0.15, 0.2) is 66.1 Å². The smallest absolute Gasteiger partial charge is 0.347 e. The number of oxime groups is 1. The molecule has 33 heavy (non-hydrogen) atoms. The molecule has 6 heteroatoms. The number of nitrogens with zero attached hydrogens (tertiary/aromatic N) is 4. The number of fused-ring (bicyclic) bond motifs is 3. The highest BCUT2D eigenvalue weighted by atomic mass is 16.7. The van der Waals surface area contributed by atoms with Crippen LogP contribution in [0.1, 0.15) is 46.3 Å². The second-order valence-corrected chi connectivity index (χ2v) is 8.67. The van der Waals surface area contributed by atoms with Gasteiger partial charge in [-0.15, -0.1) is 0 Å². The first kappa shape index (κ1) is 21.2. The van der Waals surface area contributed by atoms with Crippen molar-refractivity contribution in [1.82, 2.24) is 14.1 Å². The topological polar surface area (TPSA) is 61.4 Å². The van der Waals surface area contributed by atoms with Crippen LogP contribution in [0.3, 0.4) is 0 Å². The van der Waals surface area contributed by atoms with Gasteiger partial charge in [-0.1, -0.05) is 42.4 Å². The van der Waals surface area contributed by atoms with Crippen molar-refractivity contribution in [3.05, 3.63) is 89.1 Å². The lowest BCUT2D eigenvalue weighted by atomic mass is 9.84. The summed E-state index contributed by atoms with van der Waals surface area (Å²) in [4.78, 5) is 22.7. The van der Waals surface area contributed by atoms with Crippen molar-refractivity contribution in [2.75, 3.05) is 0 Å². The van der Waals surface area contributed by atoms with E-state index in [1.165, 1.54) is 11.3 Å². The van der Waals surface area contributed by atoms with Crippen molar-refractivity contribution in [1.29, 1.82) is 0 Å². The second-order valence-electron chi connectivity index (χ2n) is 8.67. The lowest BCUT2D eigenvalue weighted by Crippen LogP contribution is -2.28. The fourth-order valence-electron chi connectivity index (χ4n) is 4.83. The van der Waals surface area contributed by atoms with E-state index in [0.29, 0.717) is 5.56 Å². The molecule has 1 atom stereocenters. The number of carbonyl (C=O) groups is 1. The molecule has 1 aliphatic carbocycles. The molecule has 168 valence electrons. The van der Waals surface area contributed by atoms with E-state index >= 15 is 0 Å². The Morgan fingerprint density at radius 3 is 2.70 bits per heavy atom. The first-order valence-electron chi connectivity index (χ1n) is 11.5. The molecule has 2 aromatic heterocycles. The van der Waals surface area contributed by atoms with E-state index in [4.69, 9.17) is 4.84 Å². The van der Waals surface area contributed by atoms with Gasteiger partial charge in [0.05, 0.1) is 11.3 Å². The highest BCUT2D eigenvalue weighted by molar-refractivity contribution is 6.14. The molecule has 6 nitrogen and oxygen atoms in total. The number of carbonyl (C=O) groups excluding carboxylic acids is 1. The van der Waals surface area contributed by atoms with Crippen molar-refractivity contribution in [2.24, 2.45) is 18.1 Å². The highest BCUT2D eigenvalue weighted by Gasteiger charge is 2.32. The van der Waals surface area contributed by atoms with Crippen molar-refractivity contribution < 1.29 is 9.63 Å². The summed E-state index contributed by atoms with van der Waals surface area (Å²) < 4.78 is 4.38. The van der Waals surface area contributed by atoms with E-state index in [2.05, 4.69) is 51.4 Å². The van der Waals surface area contributed by atoms with Gasteiger partial charge in [-0.25, -0.2) is 9.78 Å². The third kappa shape index (κ3) is 3.86. The van der Waals surface area contributed by atoms with Crippen molar-refractivity contribution in [2.45, 2.75) is 39.7 Å². The number of rotatable bonds is 5. The number of para-hydroxylation sites is 1. The van der Waals surface area contributed by atoms with Gasteiger partial charge in [0.25, 0.3) is 0 Å². The summed E-state index contributed by atoms with van der Waals surface area (Å²) in [6.45, 7) is 4.84. The van der Waals surface area contributed by atoms with Gasteiger partial charge in [-0.2, -0.15) is 0 Å². The summed E-state index contributed by atoms with van der Waals surface area (Å²) in [7, 11) is 2.10. The molecule has 0 fully saturated rings. The SMILES string of the molecule is CCc1ccc(C(=O)O/N=C2/c3c(n(C)c4ccccc34)CCC2Cn2ccnc2C)cc1. The van der Waals surface area contributed by atoms with Crippen LogP contribution in [0.2, 0.25) is 0 Å². The maximum Gasteiger partial charge on any atom is 0.365 e. The Labute approximate surface area is 193 Å². The minimum absolute atomic E-state index is 0.117. The zero-order valence-electron chi connectivity index (χ0n) is 19.3. The van der Waals surface area contributed by atoms with Crippen LogP contribution in [0, 0.1) is 12.8 Å². The molecule has 5 rings (SSSR count). The predicted molar refractivity (Wildman–Crippen MR) is 129 cm³/mol. The van der Waals surface area contributed by atoms with Crippen molar-refractivity contribution in [3.8, 4) is 0 Å². The van der Waals surface area contributed by atoms with E-state index in [1.807, 2.05) is 37.5 Å². The van der Waals surface area contributed by atoms with Crippen molar-refractivity contribution in [3.63, 3.8) is 0 Å². The fraction of sp³-hybridized carbons (Fsp3) is 0.296. The number of hydrogen-bond acceptors (Lipinski definition) is 4. The zero-order valence-corrected chi connectivity index (χ0v) is 19.3. The maximum atomic E-state index is 12.8. The van der Waals surface area contributed by atoms with Crippen LogP contribution in [-0.4, -0.2) is 25.8 Å². The Hall–Kier alpha value is -3.67. The first-order valence-corrected chi connectivity index (χ1v) is 11.5. The fourth-order valence-corrected chi connectivity index (χ4v) is 4.83. The molecule has 4 aromatic rings. The average molecular weight is 441 g/mol. The Morgan fingerprint density at radius 2 is 1.97 bits per heavy atom. The van der Waals surface area contributed by atoms with E-state index in [1.54, 1.807) is 12.1 Å². The summed E-state index contributed by atoms with van der Waals surface area (Å²) in [6.07, 6.45) is 6.61. The lowest BCUT2D eigenvalue weighted by molar-refractivity contribution is 0.0513. The number of imidazole rings is 1. The van der Waals surface area contributed by atoms with Crippen LogP contribution >= 0.6 is 0 Å². The van der Waals surface area contributed by atoms with Crippen LogP contribution in [0.4, 0.5) is 0 Å². The molecule has 0 spiro atoms. The number of hydrogen-bond donors (Lipinski definition) is 0. The van der Waals surface area contributed by atoms with Crippen LogP contribution in [-0.2, 0) is 31.3 Å². The van der Waals surface area contributed by atoms with Crippen molar-refractivity contribution >= 4 is 22.6 Å². The lowest BCUT2D eigenvalue weighted by Gasteiger charge is -2.25. The molecular weight excluding hydrogens is 412 g/mol. The molecule has 0 saturated heterocycles. The molecule has 0 amide bonds. The first-order chi connectivity index (χ1) is 16.1. The molecule has 2 aromatic carbocycles. The predicted octanol–water partition coefficient (Wildman–Crippen LogP) is 5.07. The van der Waals surface area contributed by atoms with E-state index in [-0.39, 0.29) is 5.92 Å². The van der Waals surface area contributed by atoms with Gasteiger partial charge >= 0.3 is 5.97 Å². The van der Waals surface area contributed by atoms with Gasteiger partial charge in [-0.05, 0) is 49.9 Å². The number of aryl methyl sites for hydroxylation is 3. The molecule has 0 aliphatic heterocycles. The standard InChI is InChI=1S/C27H28N4O2/c1-4-19-9-11-20(12-10-19)27(32)33-29-26-21(17-31-16-15-28-18(31)2)13-14-24-25(26)22-7-5-6-8-23(22)30(24)3/h5-12,15-16,21H,4,13-14,17H2,1-3H3/b29-26+. The largest absolute Gasteiger partial charge is 0.365 e. The zero-order chi connectivity index (χ0) is 22.9. The summed E-state index contributed by atoms with van der Waals surface area (Å²) in [5.74, 6) is 0.646. The summed E-state index contributed by atoms with van der Waals surface area (Å²) in [6, 6.07) is 15.9. The minimum Gasteiger partial charge on any atom is -0.347 e. The summed E-state index contributed by atoms with van der Waals surface area (Å²) in [5.41, 5.74) is 6.01. The van der Waals surface area contributed by atoms with Crippen LogP contribution < -0.4 is 0 Å². The maximum absolute atomic E-state index is 12.8. The molecule has 1 unspecified atom stereocenters. The van der Waals surface area contributed by atoms with E-state index in [9.17, 15) is 4.79 Å². The molecule has 0 N–H and O–H groups in total. The Bertz CT molecular complexity index is 1340. The van der Waals surface area contributed by atoms with Gasteiger partial charge in [0, 0.05) is 54.1 Å². The third-order valence-corrected chi connectivity index (χ3v) is 6.77. The third-order valence-electron chi connectivity index (χ3n) is 6.77. The summed E-state index contributed by atoms with van der Waals surface area (Å²) in [5, 5.41) is 5.66. The van der Waals surface area contributed by atoms with E-state index in [0.717, 1.165) is 53.8 Å².